The molecule has 0 saturated carbocycles. The molecule has 1 aromatic carbocycles. The third kappa shape index (κ3) is 1.63. The molecule has 1 aromatic rings. The minimum Gasteiger partial charge on any atom is -0.377 e. The lowest BCUT2D eigenvalue weighted by Gasteiger charge is -2.27. The van der Waals surface area contributed by atoms with Crippen molar-refractivity contribution in [1.29, 1.82) is 0 Å². The van der Waals surface area contributed by atoms with Crippen LogP contribution < -0.4 is 5.32 Å². The smallest absolute Gasteiger partial charge is 0.168 e. The van der Waals surface area contributed by atoms with Gasteiger partial charge in [-0.2, -0.15) is 0 Å². The Morgan fingerprint density at radius 1 is 1.33 bits per heavy atom. The lowest BCUT2D eigenvalue weighted by atomic mass is 9.98. The molecule has 0 aromatic heterocycles. The van der Waals surface area contributed by atoms with Crippen LogP contribution in [0.5, 0.6) is 0 Å². The summed E-state index contributed by atoms with van der Waals surface area (Å²) in [5.74, 6) is 0. The summed E-state index contributed by atoms with van der Waals surface area (Å²) in [6.07, 6.45) is 4.62. The standard InChI is InChI=1S/C14H15N3S/c1-2-4-11-10(3-1)5-6-12(16-11)13-9-17-8-7-15-14(17)18-13/h1-4,9,12,16H,5-8H2. The molecule has 18 heavy (non-hydrogen) atoms. The van der Waals surface area contributed by atoms with Crippen molar-refractivity contribution in [3.8, 4) is 0 Å². The van der Waals surface area contributed by atoms with Gasteiger partial charge in [-0.25, -0.2) is 0 Å². The van der Waals surface area contributed by atoms with Crippen LogP contribution in [0, 0.1) is 0 Å². The molecule has 0 aliphatic carbocycles. The second kappa shape index (κ2) is 4.05. The normalized spacial score (nSPS) is 25.1. The summed E-state index contributed by atoms with van der Waals surface area (Å²) in [7, 11) is 0. The van der Waals surface area contributed by atoms with E-state index < -0.39 is 0 Å². The largest absolute Gasteiger partial charge is 0.377 e. The van der Waals surface area contributed by atoms with Crippen LogP contribution in [-0.4, -0.2) is 29.2 Å². The van der Waals surface area contributed by atoms with Crippen molar-refractivity contribution in [2.75, 3.05) is 18.4 Å². The van der Waals surface area contributed by atoms with Crippen molar-refractivity contribution >= 4 is 22.6 Å². The van der Waals surface area contributed by atoms with Crippen LogP contribution in [0.4, 0.5) is 5.69 Å². The minimum absolute atomic E-state index is 0.457. The number of rotatable bonds is 1. The van der Waals surface area contributed by atoms with E-state index >= 15 is 0 Å². The van der Waals surface area contributed by atoms with Crippen LogP contribution in [0.1, 0.15) is 12.0 Å². The molecule has 0 radical (unpaired) electrons. The number of benzene rings is 1. The fraction of sp³-hybridized carbons (Fsp3) is 0.357. The SMILES string of the molecule is C1=C(C2CCc3ccccc3N2)SC2=NCCN12. The molecule has 3 nitrogen and oxygen atoms in total. The van der Waals surface area contributed by atoms with E-state index in [-0.39, 0.29) is 0 Å². The van der Waals surface area contributed by atoms with Crippen LogP contribution in [0.3, 0.4) is 0 Å². The zero-order valence-electron chi connectivity index (χ0n) is 10.1. The van der Waals surface area contributed by atoms with Gasteiger partial charge in [-0.15, -0.1) is 0 Å². The molecular formula is C14H15N3S. The van der Waals surface area contributed by atoms with E-state index in [1.54, 1.807) is 0 Å². The van der Waals surface area contributed by atoms with Gasteiger partial charge in [0, 0.05) is 23.3 Å². The van der Waals surface area contributed by atoms with E-state index in [1.807, 2.05) is 11.8 Å². The van der Waals surface area contributed by atoms with Crippen molar-refractivity contribution in [2.24, 2.45) is 4.99 Å². The predicted octanol–water partition coefficient (Wildman–Crippen LogP) is 2.67. The number of para-hydroxylation sites is 1. The van der Waals surface area contributed by atoms with Gasteiger partial charge in [0.05, 0.1) is 12.6 Å². The summed E-state index contributed by atoms with van der Waals surface area (Å²) in [5, 5.41) is 4.84. The number of hydrogen-bond donors (Lipinski definition) is 1. The number of anilines is 1. The first-order chi connectivity index (χ1) is 8.90. The molecule has 4 rings (SSSR count). The minimum atomic E-state index is 0.457. The Hall–Kier alpha value is -1.42. The second-order valence-electron chi connectivity index (χ2n) is 4.88. The number of nitrogens with one attached hydrogen (secondary N) is 1. The maximum absolute atomic E-state index is 4.51. The summed E-state index contributed by atoms with van der Waals surface area (Å²) in [6.45, 7) is 2.00. The van der Waals surface area contributed by atoms with E-state index in [2.05, 4.69) is 45.7 Å². The van der Waals surface area contributed by atoms with E-state index in [0.29, 0.717) is 6.04 Å². The van der Waals surface area contributed by atoms with Gasteiger partial charge >= 0.3 is 0 Å². The molecular weight excluding hydrogens is 242 g/mol. The lowest BCUT2D eigenvalue weighted by molar-refractivity contribution is 0.613. The quantitative estimate of drug-likeness (QED) is 0.838. The molecule has 0 fully saturated rings. The highest BCUT2D eigenvalue weighted by Crippen LogP contribution is 2.37. The van der Waals surface area contributed by atoms with Crippen molar-refractivity contribution < 1.29 is 0 Å². The summed E-state index contributed by atoms with van der Waals surface area (Å²) in [4.78, 5) is 8.21. The molecule has 0 spiro atoms. The summed E-state index contributed by atoms with van der Waals surface area (Å²) >= 11 is 1.84. The first-order valence-electron chi connectivity index (χ1n) is 6.45. The van der Waals surface area contributed by atoms with Crippen LogP contribution >= 0.6 is 11.8 Å². The maximum Gasteiger partial charge on any atom is 0.168 e. The fourth-order valence-electron chi connectivity index (χ4n) is 2.75. The number of nitrogens with zero attached hydrogens (tertiary/aromatic N) is 2. The number of aryl methyl sites for hydroxylation is 1. The van der Waals surface area contributed by atoms with E-state index in [1.165, 1.54) is 27.7 Å². The highest BCUT2D eigenvalue weighted by atomic mass is 32.2. The Bertz CT molecular complexity index is 550. The van der Waals surface area contributed by atoms with Gasteiger partial charge in [0.15, 0.2) is 5.17 Å². The number of aliphatic imine (C=N–C) groups is 1. The fourth-order valence-corrected chi connectivity index (χ4v) is 3.88. The Kier molecular flexibility index (Phi) is 2.36. The molecule has 3 aliphatic rings. The van der Waals surface area contributed by atoms with Crippen molar-refractivity contribution in [2.45, 2.75) is 18.9 Å². The van der Waals surface area contributed by atoms with Crippen molar-refractivity contribution in [1.82, 2.24) is 4.90 Å². The van der Waals surface area contributed by atoms with Gasteiger partial charge in [-0.05, 0) is 24.5 Å². The van der Waals surface area contributed by atoms with Gasteiger partial charge in [-0.3, -0.25) is 4.99 Å². The maximum atomic E-state index is 4.51. The number of fused-ring (bicyclic) bond motifs is 2. The van der Waals surface area contributed by atoms with E-state index in [0.717, 1.165) is 19.5 Å². The summed E-state index contributed by atoms with van der Waals surface area (Å²) in [5.41, 5.74) is 2.74. The Balaban J connectivity index is 1.57. The molecule has 1 unspecified atom stereocenters. The molecule has 0 saturated heterocycles. The molecule has 0 bridgehead atoms. The third-order valence-corrected chi connectivity index (χ3v) is 4.89. The number of thioether (sulfide) groups is 1. The molecule has 1 atom stereocenters. The molecule has 3 aliphatic heterocycles. The molecule has 3 heterocycles. The third-order valence-electron chi connectivity index (χ3n) is 3.72. The summed E-state index contributed by atoms with van der Waals surface area (Å²) in [6, 6.07) is 9.08. The van der Waals surface area contributed by atoms with Crippen LogP contribution in [-0.2, 0) is 6.42 Å². The lowest BCUT2D eigenvalue weighted by Crippen LogP contribution is -2.26. The first-order valence-corrected chi connectivity index (χ1v) is 7.27. The molecule has 1 N–H and O–H groups in total. The predicted molar refractivity (Wildman–Crippen MR) is 76.9 cm³/mol. The molecule has 4 heteroatoms. The highest BCUT2D eigenvalue weighted by molar-refractivity contribution is 8.17. The molecule has 0 amide bonds. The van der Waals surface area contributed by atoms with Crippen molar-refractivity contribution in [3.05, 3.63) is 40.9 Å². The van der Waals surface area contributed by atoms with Crippen LogP contribution in [0.2, 0.25) is 0 Å². The number of amidine groups is 1. The van der Waals surface area contributed by atoms with Gasteiger partial charge in [0.1, 0.15) is 0 Å². The van der Waals surface area contributed by atoms with Crippen LogP contribution in [0.25, 0.3) is 0 Å². The van der Waals surface area contributed by atoms with Gasteiger partial charge in [0.25, 0.3) is 0 Å². The zero-order chi connectivity index (χ0) is 11.9. The Morgan fingerprint density at radius 3 is 3.22 bits per heavy atom. The Labute approximate surface area is 111 Å². The van der Waals surface area contributed by atoms with Gasteiger partial charge in [0.2, 0.25) is 0 Å². The van der Waals surface area contributed by atoms with Crippen molar-refractivity contribution in [3.63, 3.8) is 0 Å². The monoisotopic (exact) mass is 257 g/mol. The zero-order valence-corrected chi connectivity index (χ0v) is 10.9. The van der Waals surface area contributed by atoms with Crippen LogP contribution in [0.15, 0.2) is 40.4 Å². The second-order valence-corrected chi connectivity index (χ2v) is 5.92. The van der Waals surface area contributed by atoms with Gasteiger partial charge in [-0.1, -0.05) is 30.0 Å². The van der Waals surface area contributed by atoms with E-state index in [9.17, 15) is 0 Å². The summed E-state index contributed by atoms with van der Waals surface area (Å²) < 4.78 is 0. The van der Waals surface area contributed by atoms with Gasteiger partial charge < -0.3 is 10.2 Å². The topological polar surface area (TPSA) is 27.6 Å². The number of hydrogen-bond acceptors (Lipinski definition) is 4. The average molecular weight is 257 g/mol. The molecule has 92 valence electrons. The first kappa shape index (κ1) is 10.5. The Morgan fingerprint density at radius 2 is 2.28 bits per heavy atom. The average Bonchev–Trinajstić information content (AvgIpc) is 2.99. The van der Waals surface area contributed by atoms with E-state index in [4.69, 9.17) is 0 Å². The highest BCUT2D eigenvalue weighted by Gasteiger charge is 2.30.